The molecule has 0 aromatic heterocycles. The van der Waals surface area contributed by atoms with Crippen molar-refractivity contribution in [3.63, 3.8) is 0 Å². The number of rotatable bonds is 10. The number of benzene rings is 2. The molecule has 0 saturated heterocycles. The lowest BCUT2D eigenvalue weighted by Crippen LogP contribution is -2.38. The number of ether oxygens (including phenoxy) is 1. The molecule has 146 valence electrons. The smallest absolute Gasteiger partial charge is 0.223 e. The molecule has 1 N–H and O–H groups in total. The number of unbranched alkanes of at least 4 members (excludes halogenated alkanes) is 1. The average molecular weight is 391 g/mol. The number of nitrogens with one attached hydrogen (secondary N) is 1. The first-order valence-corrected chi connectivity index (χ1v) is 10.6. The highest BCUT2D eigenvalue weighted by Crippen LogP contribution is 2.24. The molecule has 2 aromatic carbocycles. The van der Waals surface area contributed by atoms with E-state index in [2.05, 4.69) is 4.72 Å². The SMILES string of the molecule is CCCCS(=O)(=O)NCCN(C(C)=O)c1ccc(Oc2ccccc2)cc1. The van der Waals surface area contributed by atoms with Crippen molar-refractivity contribution in [3.8, 4) is 11.5 Å². The number of amides is 1. The van der Waals surface area contributed by atoms with Crippen LogP contribution in [-0.4, -0.2) is 33.2 Å². The van der Waals surface area contributed by atoms with Crippen LogP contribution >= 0.6 is 0 Å². The molecule has 0 spiro atoms. The first kappa shape index (κ1) is 20.9. The molecule has 0 atom stereocenters. The zero-order chi connectivity index (χ0) is 19.7. The van der Waals surface area contributed by atoms with Crippen LogP contribution in [0.5, 0.6) is 11.5 Å². The number of para-hydroxylation sites is 1. The van der Waals surface area contributed by atoms with Gasteiger partial charge in [0.05, 0.1) is 5.75 Å². The van der Waals surface area contributed by atoms with Crippen LogP contribution < -0.4 is 14.4 Å². The molecular formula is C20H26N2O4S. The molecule has 0 aliphatic heterocycles. The molecule has 0 fully saturated rings. The minimum absolute atomic E-state index is 0.106. The summed E-state index contributed by atoms with van der Waals surface area (Å²) in [4.78, 5) is 13.5. The maximum atomic E-state index is 12.0. The Bertz CT molecular complexity index is 821. The van der Waals surface area contributed by atoms with Crippen LogP contribution in [0, 0.1) is 0 Å². The fourth-order valence-corrected chi connectivity index (χ4v) is 3.72. The highest BCUT2D eigenvalue weighted by atomic mass is 32.2. The predicted octanol–water partition coefficient (Wildman–Crippen LogP) is 3.55. The fourth-order valence-electron chi connectivity index (χ4n) is 2.51. The van der Waals surface area contributed by atoms with Gasteiger partial charge in [-0.3, -0.25) is 4.79 Å². The van der Waals surface area contributed by atoms with E-state index in [0.29, 0.717) is 17.9 Å². The van der Waals surface area contributed by atoms with Gasteiger partial charge in [0.25, 0.3) is 0 Å². The Morgan fingerprint density at radius 3 is 2.26 bits per heavy atom. The average Bonchev–Trinajstić information content (AvgIpc) is 2.65. The number of carbonyl (C=O) groups excluding carboxylic acids is 1. The lowest BCUT2D eigenvalue weighted by molar-refractivity contribution is -0.116. The second-order valence-electron chi connectivity index (χ2n) is 6.15. The summed E-state index contributed by atoms with van der Waals surface area (Å²) in [6.07, 6.45) is 1.44. The number of sulfonamides is 1. The first-order chi connectivity index (χ1) is 12.9. The molecule has 2 rings (SSSR count). The second kappa shape index (κ2) is 10.1. The Kier molecular flexibility index (Phi) is 7.82. The summed E-state index contributed by atoms with van der Waals surface area (Å²) in [5.41, 5.74) is 0.690. The van der Waals surface area contributed by atoms with E-state index in [1.807, 2.05) is 37.3 Å². The molecule has 0 saturated carbocycles. The Balaban J connectivity index is 1.97. The lowest BCUT2D eigenvalue weighted by Gasteiger charge is -2.21. The van der Waals surface area contributed by atoms with Crippen molar-refractivity contribution >= 4 is 21.6 Å². The van der Waals surface area contributed by atoms with E-state index in [4.69, 9.17) is 4.74 Å². The van der Waals surface area contributed by atoms with Gasteiger partial charge in [-0.05, 0) is 42.8 Å². The van der Waals surface area contributed by atoms with Gasteiger partial charge in [0.1, 0.15) is 11.5 Å². The Labute approximate surface area is 161 Å². The monoisotopic (exact) mass is 390 g/mol. The molecule has 0 bridgehead atoms. The maximum absolute atomic E-state index is 12.0. The van der Waals surface area contributed by atoms with Crippen LogP contribution in [-0.2, 0) is 14.8 Å². The van der Waals surface area contributed by atoms with E-state index in [1.165, 1.54) is 11.8 Å². The number of nitrogens with zero attached hydrogens (tertiary/aromatic N) is 1. The van der Waals surface area contributed by atoms with Gasteiger partial charge < -0.3 is 9.64 Å². The zero-order valence-corrected chi connectivity index (χ0v) is 16.5. The Morgan fingerprint density at radius 1 is 1.04 bits per heavy atom. The van der Waals surface area contributed by atoms with Crippen LogP contribution in [0.1, 0.15) is 26.7 Å². The standard InChI is InChI=1S/C20H26N2O4S/c1-3-4-16-27(24,25)21-14-15-22(17(2)23)18-10-12-20(13-11-18)26-19-8-6-5-7-9-19/h5-13,21H,3-4,14-16H2,1-2H3. The fraction of sp³-hybridized carbons (Fsp3) is 0.350. The van der Waals surface area contributed by atoms with Gasteiger partial charge >= 0.3 is 0 Å². The van der Waals surface area contributed by atoms with Gasteiger partial charge in [-0.2, -0.15) is 0 Å². The van der Waals surface area contributed by atoms with E-state index in [9.17, 15) is 13.2 Å². The van der Waals surface area contributed by atoms with E-state index >= 15 is 0 Å². The zero-order valence-electron chi connectivity index (χ0n) is 15.7. The minimum atomic E-state index is -3.30. The molecular weight excluding hydrogens is 364 g/mol. The normalized spacial score (nSPS) is 11.2. The summed E-state index contributed by atoms with van der Waals surface area (Å²) in [7, 11) is -3.30. The third-order valence-electron chi connectivity index (χ3n) is 3.93. The molecule has 0 aliphatic carbocycles. The topological polar surface area (TPSA) is 75.7 Å². The second-order valence-corrected chi connectivity index (χ2v) is 8.07. The van der Waals surface area contributed by atoms with Crippen LogP contribution in [0.2, 0.25) is 0 Å². The van der Waals surface area contributed by atoms with Gasteiger partial charge in [-0.1, -0.05) is 31.5 Å². The molecule has 27 heavy (non-hydrogen) atoms. The van der Waals surface area contributed by atoms with Crippen molar-refractivity contribution in [2.45, 2.75) is 26.7 Å². The highest BCUT2D eigenvalue weighted by molar-refractivity contribution is 7.89. The van der Waals surface area contributed by atoms with Crippen LogP contribution in [0.15, 0.2) is 54.6 Å². The molecule has 1 amide bonds. The van der Waals surface area contributed by atoms with Crippen molar-refractivity contribution < 1.29 is 17.9 Å². The van der Waals surface area contributed by atoms with Crippen LogP contribution in [0.3, 0.4) is 0 Å². The van der Waals surface area contributed by atoms with Gasteiger partial charge in [0, 0.05) is 25.7 Å². The number of anilines is 1. The summed E-state index contributed by atoms with van der Waals surface area (Å²) in [5.74, 6) is 1.35. The van der Waals surface area contributed by atoms with E-state index in [1.54, 1.807) is 24.3 Å². The summed E-state index contributed by atoms with van der Waals surface area (Å²) in [6.45, 7) is 3.84. The Hall–Kier alpha value is -2.38. The third kappa shape index (κ3) is 7.03. The predicted molar refractivity (Wildman–Crippen MR) is 108 cm³/mol. The summed E-state index contributed by atoms with van der Waals surface area (Å²) < 4.78 is 32.0. The number of hydrogen-bond acceptors (Lipinski definition) is 4. The quantitative estimate of drug-likeness (QED) is 0.673. The summed E-state index contributed by atoms with van der Waals surface area (Å²) >= 11 is 0. The highest BCUT2D eigenvalue weighted by Gasteiger charge is 2.14. The molecule has 7 heteroatoms. The van der Waals surface area contributed by atoms with Crippen molar-refractivity contribution in [2.75, 3.05) is 23.7 Å². The van der Waals surface area contributed by atoms with Crippen molar-refractivity contribution in [3.05, 3.63) is 54.6 Å². The molecule has 0 aliphatic rings. The molecule has 0 unspecified atom stereocenters. The van der Waals surface area contributed by atoms with Crippen molar-refractivity contribution in [1.82, 2.24) is 4.72 Å². The van der Waals surface area contributed by atoms with E-state index in [0.717, 1.165) is 12.2 Å². The van der Waals surface area contributed by atoms with Gasteiger partial charge in [-0.15, -0.1) is 0 Å². The van der Waals surface area contributed by atoms with Gasteiger partial charge in [0.15, 0.2) is 0 Å². The molecule has 0 radical (unpaired) electrons. The number of hydrogen-bond donors (Lipinski definition) is 1. The third-order valence-corrected chi connectivity index (χ3v) is 5.40. The largest absolute Gasteiger partial charge is 0.457 e. The first-order valence-electron chi connectivity index (χ1n) is 8.99. The van der Waals surface area contributed by atoms with Crippen molar-refractivity contribution in [2.24, 2.45) is 0 Å². The summed E-state index contributed by atoms with van der Waals surface area (Å²) in [5, 5.41) is 0. The van der Waals surface area contributed by atoms with Crippen LogP contribution in [0.25, 0.3) is 0 Å². The summed E-state index contributed by atoms with van der Waals surface area (Å²) in [6, 6.07) is 16.5. The van der Waals surface area contributed by atoms with Gasteiger partial charge in [0.2, 0.25) is 15.9 Å². The molecule has 0 heterocycles. The number of carbonyl (C=O) groups is 1. The van der Waals surface area contributed by atoms with Crippen LogP contribution in [0.4, 0.5) is 5.69 Å². The van der Waals surface area contributed by atoms with E-state index in [-0.39, 0.29) is 24.7 Å². The van der Waals surface area contributed by atoms with E-state index < -0.39 is 10.0 Å². The molecule has 6 nitrogen and oxygen atoms in total. The Morgan fingerprint density at radius 2 is 1.67 bits per heavy atom. The van der Waals surface area contributed by atoms with Gasteiger partial charge in [-0.25, -0.2) is 13.1 Å². The molecule has 2 aromatic rings. The lowest BCUT2D eigenvalue weighted by atomic mass is 10.2. The minimum Gasteiger partial charge on any atom is -0.457 e. The maximum Gasteiger partial charge on any atom is 0.223 e. The van der Waals surface area contributed by atoms with Crippen molar-refractivity contribution in [1.29, 1.82) is 0 Å².